The minimum atomic E-state index is -0.419. The second-order valence-corrected chi connectivity index (χ2v) is 4.89. The zero-order valence-corrected chi connectivity index (χ0v) is 11.8. The molecule has 2 N–H and O–H groups in total. The second-order valence-electron chi connectivity index (χ2n) is 4.89. The molecule has 106 valence electrons. The Kier molecular flexibility index (Phi) is 3.27. The molecule has 0 spiro atoms. The summed E-state index contributed by atoms with van der Waals surface area (Å²) < 4.78 is 4.79. The van der Waals surface area contributed by atoms with Crippen molar-refractivity contribution in [3.05, 3.63) is 47.5 Å². The largest absolute Gasteiger partial charge is 0.465 e. The Morgan fingerprint density at radius 1 is 1.10 bits per heavy atom. The summed E-state index contributed by atoms with van der Waals surface area (Å²) in [6.45, 7) is 1.91. The molecular weight excluding hydrogens is 266 g/mol. The van der Waals surface area contributed by atoms with Crippen LogP contribution in [-0.2, 0) is 4.74 Å². The first-order valence-corrected chi connectivity index (χ1v) is 6.65. The molecule has 2 aromatic carbocycles. The molecule has 0 aliphatic rings. The highest BCUT2D eigenvalue weighted by atomic mass is 16.5. The molecule has 0 radical (unpaired) electrons. The summed E-state index contributed by atoms with van der Waals surface area (Å²) >= 11 is 0. The monoisotopic (exact) mass is 281 g/mol. The number of nitrogens with two attached hydrogens (primary N) is 1. The van der Waals surface area contributed by atoms with Crippen molar-refractivity contribution in [1.29, 1.82) is 0 Å². The number of hydrogen-bond donors (Lipinski definition) is 1. The zero-order chi connectivity index (χ0) is 15.0. The second kappa shape index (κ2) is 5.10. The van der Waals surface area contributed by atoms with Gasteiger partial charge in [0.05, 0.1) is 29.2 Å². The van der Waals surface area contributed by atoms with E-state index in [1.165, 1.54) is 7.11 Å². The first-order valence-electron chi connectivity index (χ1n) is 6.65. The standard InChI is InChI=1S/C16H15N3O2/c1-9(17)10-5-3-7-12-14(10)18-13-8-4-6-11(15(13)19-12)16(20)21-2/h3-9H,17H2,1-2H3. The summed E-state index contributed by atoms with van der Waals surface area (Å²) in [6.07, 6.45) is 0. The molecule has 0 aliphatic carbocycles. The number of carbonyl (C=O) groups excluding carboxylic acids is 1. The van der Waals surface area contributed by atoms with Crippen LogP contribution in [0.1, 0.15) is 28.9 Å². The van der Waals surface area contributed by atoms with Gasteiger partial charge in [0.25, 0.3) is 0 Å². The first kappa shape index (κ1) is 13.5. The SMILES string of the molecule is COC(=O)c1cccc2nc3c(C(C)N)cccc3nc12. The Morgan fingerprint density at radius 2 is 1.71 bits per heavy atom. The van der Waals surface area contributed by atoms with Gasteiger partial charge in [0.15, 0.2) is 0 Å². The quantitative estimate of drug-likeness (QED) is 0.577. The highest BCUT2D eigenvalue weighted by Gasteiger charge is 2.14. The van der Waals surface area contributed by atoms with Gasteiger partial charge >= 0.3 is 5.97 Å². The van der Waals surface area contributed by atoms with Crippen LogP contribution >= 0.6 is 0 Å². The molecule has 0 bridgehead atoms. The molecule has 1 aromatic heterocycles. The molecule has 5 heteroatoms. The number of esters is 1. The summed E-state index contributed by atoms with van der Waals surface area (Å²) in [7, 11) is 1.35. The Bertz CT molecular complexity index is 843. The summed E-state index contributed by atoms with van der Waals surface area (Å²) in [6, 6.07) is 10.8. The van der Waals surface area contributed by atoms with Crippen molar-refractivity contribution in [1.82, 2.24) is 9.97 Å². The van der Waals surface area contributed by atoms with E-state index in [-0.39, 0.29) is 6.04 Å². The van der Waals surface area contributed by atoms with Crippen LogP contribution in [0.25, 0.3) is 22.1 Å². The number of ether oxygens (including phenoxy) is 1. The van der Waals surface area contributed by atoms with E-state index in [0.29, 0.717) is 22.1 Å². The Balaban J connectivity index is 2.38. The van der Waals surface area contributed by atoms with Gasteiger partial charge in [0, 0.05) is 6.04 Å². The molecule has 0 amide bonds. The van der Waals surface area contributed by atoms with Crippen molar-refractivity contribution >= 4 is 28.0 Å². The van der Waals surface area contributed by atoms with Crippen LogP contribution in [0.3, 0.4) is 0 Å². The lowest BCUT2D eigenvalue weighted by Crippen LogP contribution is -2.07. The van der Waals surface area contributed by atoms with Crippen molar-refractivity contribution < 1.29 is 9.53 Å². The van der Waals surface area contributed by atoms with Gasteiger partial charge in [-0.2, -0.15) is 0 Å². The van der Waals surface area contributed by atoms with E-state index in [1.54, 1.807) is 12.1 Å². The lowest BCUT2D eigenvalue weighted by molar-refractivity contribution is 0.0603. The van der Waals surface area contributed by atoms with Gasteiger partial charge in [-0.1, -0.05) is 18.2 Å². The van der Waals surface area contributed by atoms with Crippen LogP contribution in [0.5, 0.6) is 0 Å². The number of carbonyl (C=O) groups is 1. The van der Waals surface area contributed by atoms with Crippen molar-refractivity contribution in [3.63, 3.8) is 0 Å². The molecule has 0 saturated carbocycles. The normalized spacial score (nSPS) is 12.5. The van der Waals surface area contributed by atoms with Gasteiger partial charge < -0.3 is 10.5 Å². The number of nitrogens with zero attached hydrogens (tertiary/aromatic N) is 2. The minimum Gasteiger partial charge on any atom is -0.465 e. The number of para-hydroxylation sites is 2. The third-order valence-electron chi connectivity index (χ3n) is 3.42. The first-order chi connectivity index (χ1) is 10.1. The molecule has 1 atom stereocenters. The fraction of sp³-hybridized carbons (Fsp3) is 0.188. The Hall–Kier alpha value is -2.53. The molecule has 1 heterocycles. The average molecular weight is 281 g/mol. The maximum Gasteiger partial charge on any atom is 0.340 e. The molecule has 0 aliphatic heterocycles. The summed E-state index contributed by atoms with van der Waals surface area (Å²) in [5, 5.41) is 0. The van der Waals surface area contributed by atoms with Gasteiger partial charge in [0.1, 0.15) is 5.52 Å². The number of benzene rings is 2. The molecule has 0 fully saturated rings. The molecule has 1 unspecified atom stereocenters. The van der Waals surface area contributed by atoms with Gasteiger partial charge in [0.2, 0.25) is 0 Å². The van der Waals surface area contributed by atoms with Crippen LogP contribution in [0.15, 0.2) is 36.4 Å². The molecular formula is C16H15N3O2. The third-order valence-corrected chi connectivity index (χ3v) is 3.42. The van der Waals surface area contributed by atoms with Gasteiger partial charge in [-0.15, -0.1) is 0 Å². The molecule has 3 aromatic rings. The number of methoxy groups -OCH3 is 1. The summed E-state index contributed by atoms with van der Waals surface area (Å²) in [4.78, 5) is 21.0. The van der Waals surface area contributed by atoms with E-state index < -0.39 is 5.97 Å². The average Bonchev–Trinajstić information content (AvgIpc) is 2.50. The Morgan fingerprint density at radius 3 is 2.38 bits per heavy atom. The zero-order valence-electron chi connectivity index (χ0n) is 11.8. The van der Waals surface area contributed by atoms with E-state index in [4.69, 9.17) is 10.5 Å². The van der Waals surface area contributed by atoms with Crippen LogP contribution in [-0.4, -0.2) is 23.0 Å². The van der Waals surface area contributed by atoms with Crippen molar-refractivity contribution in [2.45, 2.75) is 13.0 Å². The molecule has 5 nitrogen and oxygen atoms in total. The van der Waals surface area contributed by atoms with E-state index in [2.05, 4.69) is 9.97 Å². The van der Waals surface area contributed by atoms with Crippen LogP contribution < -0.4 is 5.73 Å². The predicted molar refractivity (Wildman–Crippen MR) is 81.0 cm³/mol. The Labute approximate surface area is 121 Å². The van der Waals surface area contributed by atoms with Gasteiger partial charge in [-0.3, -0.25) is 0 Å². The fourth-order valence-electron chi connectivity index (χ4n) is 2.38. The van der Waals surface area contributed by atoms with Gasteiger partial charge in [-0.25, -0.2) is 14.8 Å². The van der Waals surface area contributed by atoms with E-state index >= 15 is 0 Å². The summed E-state index contributed by atoms with van der Waals surface area (Å²) in [5.74, 6) is -0.419. The molecule has 0 saturated heterocycles. The van der Waals surface area contributed by atoms with Crippen LogP contribution in [0.4, 0.5) is 0 Å². The van der Waals surface area contributed by atoms with Crippen LogP contribution in [0.2, 0.25) is 0 Å². The van der Waals surface area contributed by atoms with Crippen molar-refractivity contribution in [3.8, 4) is 0 Å². The number of aromatic nitrogens is 2. The van der Waals surface area contributed by atoms with E-state index in [0.717, 1.165) is 11.1 Å². The van der Waals surface area contributed by atoms with E-state index in [9.17, 15) is 4.79 Å². The third kappa shape index (κ3) is 2.21. The lowest BCUT2D eigenvalue weighted by atomic mass is 10.1. The number of hydrogen-bond acceptors (Lipinski definition) is 5. The lowest BCUT2D eigenvalue weighted by Gasteiger charge is -2.10. The van der Waals surface area contributed by atoms with Crippen molar-refractivity contribution in [2.24, 2.45) is 5.73 Å². The topological polar surface area (TPSA) is 78.1 Å². The van der Waals surface area contributed by atoms with Crippen molar-refractivity contribution in [2.75, 3.05) is 7.11 Å². The smallest absolute Gasteiger partial charge is 0.340 e. The summed E-state index contributed by atoms with van der Waals surface area (Å²) in [5.41, 5.74) is 10.0. The number of rotatable bonds is 2. The minimum absolute atomic E-state index is 0.135. The maximum absolute atomic E-state index is 11.8. The van der Waals surface area contributed by atoms with Gasteiger partial charge in [-0.05, 0) is 30.7 Å². The van der Waals surface area contributed by atoms with Crippen LogP contribution in [0, 0.1) is 0 Å². The predicted octanol–water partition coefficient (Wildman–Crippen LogP) is 2.59. The highest BCUT2D eigenvalue weighted by molar-refractivity contribution is 6.03. The number of fused-ring (bicyclic) bond motifs is 2. The highest BCUT2D eigenvalue weighted by Crippen LogP contribution is 2.24. The van der Waals surface area contributed by atoms with E-state index in [1.807, 2.05) is 31.2 Å². The molecule has 3 rings (SSSR count). The fourth-order valence-corrected chi connectivity index (χ4v) is 2.38. The molecule has 21 heavy (non-hydrogen) atoms. The maximum atomic E-state index is 11.8.